The van der Waals surface area contributed by atoms with Crippen LogP contribution in [-0.2, 0) is 11.3 Å². The van der Waals surface area contributed by atoms with Gasteiger partial charge in [-0.05, 0) is 24.6 Å². The van der Waals surface area contributed by atoms with Gasteiger partial charge < -0.3 is 5.11 Å². The SMILES string of the molecule is CCCC[C@H](NCc1ccc(-c2ccccc2Cl)s1)C(=O)O. The van der Waals surface area contributed by atoms with Gasteiger partial charge in [-0.1, -0.05) is 49.6 Å². The molecule has 0 saturated heterocycles. The van der Waals surface area contributed by atoms with Gasteiger partial charge in [0, 0.05) is 26.9 Å². The quantitative estimate of drug-likeness (QED) is 0.727. The van der Waals surface area contributed by atoms with Crippen molar-refractivity contribution in [2.24, 2.45) is 0 Å². The zero-order chi connectivity index (χ0) is 15.9. The molecule has 1 aromatic heterocycles. The Morgan fingerprint density at radius 3 is 2.77 bits per heavy atom. The summed E-state index contributed by atoms with van der Waals surface area (Å²) < 4.78 is 0. The number of carboxylic acids is 1. The van der Waals surface area contributed by atoms with E-state index in [1.807, 2.05) is 36.4 Å². The highest BCUT2D eigenvalue weighted by Crippen LogP contribution is 2.33. The molecule has 0 saturated carbocycles. The van der Waals surface area contributed by atoms with E-state index in [9.17, 15) is 9.90 Å². The van der Waals surface area contributed by atoms with E-state index in [2.05, 4.69) is 12.2 Å². The number of carbonyl (C=O) groups is 1. The summed E-state index contributed by atoms with van der Waals surface area (Å²) in [4.78, 5) is 13.4. The first kappa shape index (κ1) is 17.0. The van der Waals surface area contributed by atoms with Crippen molar-refractivity contribution in [1.82, 2.24) is 5.32 Å². The van der Waals surface area contributed by atoms with Crippen LogP contribution in [0.4, 0.5) is 0 Å². The normalized spacial score (nSPS) is 12.3. The Morgan fingerprint density at radius 2 is 2.09 bits per heavy atom. The molecule has 0 aliphatic heterocycles. The van der Waals surface area contributed by atoms with Gasteiger partial charge in [0.05, 0.1) is 0 Å². The molecule has 0 aliphatic carbocycles. The van der Waals surface area contributed by atoms with Crippen molar-refractivity contribution in [2.45, 2.75) is 38.8 Å². The fraction of sp³-hybridized carbons (Fsp3) is 0.353. The summed E-state index contributed by atoms with van der Waals surface area (Å²) in [6.07, 6.45) is 2.58. The zero-order valence-corrected chi connectivity index (χ0v) is 14.1. The van der Waals surface area contributed by atoms with Crippen molar-refractivity contribution in [3.8, 4) is 10.4 Å². The van der Waals surface area contributed by atoms with Crippen LogP contribution in [0, 0.1) is 0 Å². The number of thiophene rings is 1. The summed E-state index contributed by atoms with van der Waals surface area (Å²) in [5.41, 5.74) is 1.01. The zero-order valence-electron chi connectivity index (χ0n) is 12.5. The van der Waals surface area contributed by atoms with Crippen molar-refractivity contribution in [1.29, 1.82) is 0 Å². The number of unbranched alkanes of at least 4 members (excludes halogenated alkanes) is 1. The number of carboxylic acid groups (broad SMARTS) is 1. The van der Waals surface area contributed by atoms with Crippen LogP contribution in [-0.4, -0.2) is 17.1 Å². The summed E-state index contributed by atoms with van der Waals surface area (Å²) in [6, 6.07) is 11.3. The van der Waals surface area contributed by atoms with Crippen LogP contribution in [0.1, 0.15) is 31.1 Å². The maximum absolute atomic E-state index is 11.2. The summed E-state index contributed by atoms with van der Waals surface area (Å²) >= 11 is 7.85. The Balaban J connectivity index is 2.00. The Hall–Kier alpha value is -1.36. The Morgan fingerprint density at radius 1 is 1.32 bits per heavy atom. The largest absolute Gasteiger partial charge is 0.480 e. The standard InChI is InChI=1S/C17H20ClNO2S/c1-2-3-8-15(17(20)21)19-11-12-9-10-16(22-12)13-6-4-5-7-14(13)18/h4-7,9-10,15,19H,2-3,8,11H2,1H3,(H,20,21)/t15-/m0/s1. The molecule has 0 unspecified atom stereocenters. The average Bonchev–Trinajstić information content (AvgIpc) is 2.96. The molecule has 2 rings (SSSR count). The number of rotatable bonds is 8. The maximum atomic E-state index is 11.2. The fourth-order valence-electron chi connectivity index (χ4n) is 2.22. The Labute approximate surface area is 139 Å². The lowest BCUT2D eigenvalue weighted by Gasteiger charge is -2.13. The molecule has 0 amide bonds. The molecule has 1 aromatic carbocycles. The molecule has 0 fully saturated rings. The molecule has 1 atom stereocenters. The molecule has 0 spiro atoms. The van der Waals surface area contributed by atoms with E-state index in [0.717, 1.165) is 33.2 Å². The minimum atomic E-state index is -0.781. The molecule has 2 N–H and O–H groups in total. The average molecular weight is 338 g/mol. The van der Waals surface area contributed by atoms with E-state index < -0.39 is 12.0 Å². The molecule has 1 heterocycles. The predicted molar refractivity (Wildman–Crippen MR) is 92.6 cm³/mol. The number of hydrogen-bond acceptors (Lipinski definition) is 3. The topological polar surface area (TPSA) is 49.3 Å². The second-order valence-electron chi connectivity index (χ2n) is 5.16. The summed E-state index contributed by atoms with van der Waals surface area (Å²) in [6.45, 7) is 2.63. The van der Waals surface area contributed by atoms with E-state index in [1.165, 1.54) is 0 Å². The summed E-state index contributed by atoms with van der Waals surface area (Å²) in [5.74, 6) is -0.781. The van der Waals surface area contributed by atoms with Crippen molar-refractivity contribution < 1.29 is 9.90 Å². The highest BCUT2D eigenvalue weighted by Gasteiger charge is 2.16. The first-order valence-electron chi connectivity index (χ1n) is 7.41. The third-order valence-corrected chi connectivity index (χ3v) is 4.92. The first-order valence-corrected chi connectivity index (χ1v) is 8.61. The first-order chi connectivity index (χ1) is 10.6. The van der Waals surface area contributed by atoms with Gasteiger partial charge in [0.1, 0.15) is 6.04 Å². The van der Waals surface area contributed by atoms with Crippen LogP contribution in [0.5, 0.6) is 0 Å². The number of aliphatic carboxylic acids is 1. The van der Waals surface area contributed by atoms with Gasteiger partial charge in [0.15, 0.2) is 0 Å². The number of nitrogens with one attached hydrogen (secondary N) is 1. The van der Waals surface area contributed by atoms with Gasteiger partial charge in [-0.3, -0.25) is 10.1 Å². The number of hydrogen-bond donors (Lipinski definition) is 2. The predicted octanol–water partition coefficient (Wildman–Crippen LogP) is 4.80. The molecule has 0 aliphatic rings. The van der Waals surface area contributed by atoms with Gasteiger partial charge in [-0.15, -0.1) is 11.3 Å². The van der Waals surface area contributed by atoms with Gasteiger partial charge >= 0.3 is 5.97 Å². The highest BCUT2D eigenvalue weighted by molar-refractivity contribution is 7.15. The molecule has 3 nitrogen and oxygen atoms in total. The molecule has 2 aromatic rings. The molecule has 0 radical (unpaired) electrons. The van der Waals surface area contributed by atoms with E-state index in [0.29, 0.717) is 13.0 Å². The van der Waals surface area contributed by atoms with E-state index in [4.69, 9.17) is 11.6 Å². The van der Waals surface area contributed by atoms with Crippen LogP contribution >= 0.6 is 22.9 Å². The number of benzene rings is 1. The van der Waals surface area contributed by atoms with Crippen LogP contribution < -0.4 is 5.32 Å². The molecule has 22 heavy (non-hydrogen) atoms. The monoisotopic (exact) mass is 337 g/mol. The Kier molecular flexibility index (Phi) is 6.43. The molecular weight excluding hydrogens is 318 g/mol. The van der Waals surface area contributed by atoms with Crippen molar-refractivity contribution in [3.05, 3.63) is 46.3 Å². The molecular formula is C17H20ClNO2S. The van der Waals surface area contributed by atoms with E-state index in [-0.39, 0.29) is 0 Å². The van der Waals surface area contributed by atoms with Crippen molar-refractivity contribution in [3.63, 3.8) is 0 Å². The van der Waals surface area contributed by atoms with Crippen LogP contribution in [0.3, 0.4) is 0 Å². The number of halogens is 1. The summed E-state index contributed by atoms with van der Waals surface area (Å²) in [7, 11) is 0. The molecule has 118 valence electrons. The van der Waals surface area contributed by atoms with E-state index in [1.54, 1.807) is 11.3 Å². The lowest BCUT2D eigenvalue weighted by molar-refractivity contribution is -0.139. The third kappa shape index (κ3) is 4.57. The summed E-state index contributed by atoms with van der Waals surface area (Å²) in [5, 5.41) is 13.1. The second kappa shape index (κ2) is 8.32. The van der Waals surface area contributed by atoms with E-state index >= 15 is 0 Å². The smallest absolute Gasteiger partial charge is 0.320 e. The molecule has 0 bridgehead atoms. The van der Waals surface area contributed by atoms with Crippen molar-refractivity contribution >= 4 is 28.9 Å². The van der Waals surface area contributed by atoms with Gasteiger partial charge in [0.2, 0.25) is 0 Å². The lowest BCUT2D eigenvalue weighted by Crippen LogP contribution is -2.35. The minimum Gasteiger partial charge on any atom is -0.480 e. The second-order valence-corrected chi connectivity index (χ2v) is 6.74. The van der Waals surface area contributed by atoms with Gasteiger partial charge in [0.25, 0.3) is 0 Å². The molecule has 5 heteroatoms. The minimum absolute atomic E-state index is 0.481. The Bertz CT molecular complexity index is 627. The van der Waals surface area contributed by atoms with Crippen LogP contribution in [0.25, 0.3) is 10.4 Å². The fourth-order valence-corrected chi connectivity index (χ4v) is 3.52. The highest BCUT2D eigenvalue weighted by atomic mass is 35.5. The van der Waals surface area contributed by atoms with Crippen LogP contribution in [0.2, 0.25) is 5.02 Å². The van der Waals surface area contributed by atoms with Crippen molar-refractivity contribution in [2.75, 3.05) is 0 Å². The lowest BCUT2D eigenvalue weighted by atomic mass is 10.1. The van der Waals surface area contributed by atoms with Crippen LogP contribution in [0.15, 0.2) is 36.4 Å². The van der Waals surface area contributed by atoms with Gasteiger partial charge in [-0.25, -0.2) is 0 Å². The van der Waals surface area contributed by atoms with Gasteiger partial charge in [-0.2, -0.15) is 0 Å². The maximum Gasteiger partial charge on any atom is 0.320 e. The third-order valence-electron chi connectivity index (χ3n) is 3.47.